The Hall–Kier alpha value is -0.470. The Bertz CT molecular complexity index is 302. The predicted octanol–water partition coefficient (Wildman–Crippen LogP) is 3.94. The lowest BCUT2D eigenvalue weighted by Crippen LogP contribution is -2.10. The first kappa shape index (κ1) is 11.0. The van der Waals surface area contributed by atoms with Crippen LogP contribution in [0.5, 0.6) is 0 Å². The van der Waals surface area contributed by atoms with Crippen molar-refractivity contribution in [1.29, 1.82) is 0 Å². The number of hydrogen-bond acceptors (Lipinski definition) is 2. The second-order valence-electron chi connectivity index (χ2n) is 4.41. The summed E-state index contributed by atoms with van der Waals surface area (Å²) in [4.78, 5) is 0. The van der Waals surface area contributed by atoms with Gasteiger partial charge in [0.1, 0.15) is 0 Å². The van der Waals surface area contributed by atoms with E-state index >= 15 is 0 Å². The van der Waals surface area contributed by atoms with Crippen LogP contribution in [0.15, 0.2) is 16.7 Å². The van der Waals surface area contributed by atoms with Crippen molar-refractivity contribution >= 4 is 11.6 Å². The van der Waals surface area contributed by atoms with Gasteiger partial charge >= 0.3 is 0 Å². The second kappa shape index (κ2) is 5.04. The van der Waals surface area contributed by atoms with Crippen LogP contribution in [0.2, 0.25) is 5.22 Å². The fraction of sp³-hybridized carbons (Fsp3) is 0.667. The topological polar surface area (TPSA) is 33.4 Å². The van der Waals surface area contributed by atoms with Gasteiger partial charge in [0.2, 0.25) is 0 Å². The first-order valence-electron chi connectivity index (χ1n) is 5.68. The van der Waals surface area contributed by atoms with Crippen molar-refractivity contribution < 1.29 is 9.52 Å². The molecule has 0 bridgehead atoms. The molecule has 15 heavy (non-hydrogen) atoms. The van der Waals surface area contributed by atoms with Gasteiger partial charge in [-0.15, -0.1) is 0 Å². The average Bonchev–Trinajstić information content (AvgIpc) is 2.66. The molecule has 2 rings (SSSR count). The number of rotatable bonds is 3. The Morgan fingerprint density at radius 1 is 1.40 bits per heavy atom. The van der Waals surface area contributed by atoms with E-state index in [4.69, 9.17) is 16.0 Å². The lowest BCUT2D eigenvalue weighted by molar-refractivity contribution is 0.131. The van der Waals surface area contributed by atoms with E-state index in [1.54, 1.807) is 6.07 Å². The van der Waals surface area contributed by atoms with Crippen LogP contribution in [0.1, 0.15) is 50.2 Å². The van der Waals surface area contributed by atoms with E-state index in [0.29, 0.717) is 11.1 Å². The highest BCUT2D eigenvalue weighted by Crippen LogP contribution is 2.34. The summed E-state index contributed by atoms with van der Waals surface area (Å²) in [6.45, 7) is 0. The minimum Gasteiger partial charge on any atom is -0.453 e. The molecule has 0 amide bonds. The molecule has 2 nitrogen and oxygen atoms in total. The van der Waals surface area contributed by atoms with Gasteiger partial charge in [0.15, 0.2) is 5.22 Å². The Labute approximate surface area is 95.2 Å². The van der Waals surface area contributed by atoms with E-state index in [0.717, 1.165) is 12.0 Å². The van der Waals surface area contributed by atoms with Crippen LogP contribution in [-0.4, -0.2) is 5.11 Å². The summed E-state index contributed by atoms with van der Waals surface area (Å²) in [6.07, 6.45) is 8.32. The average molecular weight is 229 g/mol. The fourth-order valence-corrected chi connectivity index (χ4v) is 2.65. The van der Waals surface area contributed by atoms with Crippen molar-refractivity contribution in [2.45, 2.75) is 44.6 Å². The van der Waals surface area contributed by atoms with Gasteiger partial charge < -0.3 is 9.52 Å². The molecule has 0 spiro atoms. The third-order valence-electron chi connectivity index (χ3n) is 3.29. The van der Waals surface area contributed by atoms with Crippen LogP contribution in [0.25, 0.3) is 0 Å². The second-order valence-corrected chi connectivity index (χ2v) is 4.75. The molecular formula is C12H17ClO2. The molecule has 1 aliphatic carbocycles. The highest BCUT2D eigenvalue weighted by Gasteiger charge is 2.21. The molecule has 1 aliphatic rings. The molecule has 0 radical (unpaired) electrons. The largest absolute Gasteiger partial charge is 0.453 e. The molecule has 0 saturated heterocycles. The zero-order chi connectivity index (χ0) is 10.7. The number of aliphatic hydroxyl groups is 1. The lowest BCUT2D eigenvalue weighted by Gasteiger charge is -2.23. The fourth-order valence-electron chi connectivity index (χ4n) is 2.41. The van der Waals surface area contributed by atoms with Gasteiger partial charge in [-0.1, -0.05) is 32.1 Å². The maximum atomic E-state index is 10.00. The Balaban J connectivity index is 1.91. The lowest BCUT2D eigenvalue weighted by atomic mass is 9.84. The van der Waals surface area contributed by atoms with Crippen LogP contribution in [-0.2, 0) is 0 Å². The predicted molar refractivity (Wildman–Crippen MR) is 59.9 cm³/mol. The van der Waals surface area contributed by atoms with Gasteiger partial charge in [-0.3, -0.25) is 0 Å². The summed E-state index contributed by atoms with van der Waals surface area (Å²) in [5.74, 6) is 0.653. The molecule has 1 N–H and O–H groups in total. The van der Waals surface area contributed by atoms with Gasteiger partial charge in [0.25, 0.3) is 0 Å². The molecule has 3 heteroatoms. The summed E-state index contributed by atoms with van der Waals surface area (Å²) in [7, 11) is 0. The highest BCUT2D eigenvalue weighted by molar-refractivity contribution is 6.29. The quantitative estimate of drug-likeness (QED) is 0.850. The molecule has 1 heterocycles. The SMILES string of the molecule is OC(CC1CCCCC1)c1ccoc1Cl. The Morgan fingerprint density at radius 3 is 2.73 bits per heavy atom. The van der Waals surface area contributed by atoms with Crippen molar-refractivity contribution in [3.63, 3.8) is 0 Å². The van der Waals surface area contributed by atoms with Gasteiger partial charge in [0.05, 0.1) is 12.4 Å². The minimum atomic E-state index is -0.459. The zero-order valence-corrected chi connectivity index (χ0v) is 9.54. The third kappa shape index (κ3) is 2.76. The Morgan fingerprint density at radius 2 is 2.13 bits per heavy atom. The van der Waals surface area contributed by atoms with E-state index in [1.807, 2.05) is 0 Å². The third-order valence-corrected chi connectivity index (χ3v) is 3.59. The Kier molecular flexibility index (Phi) is 3.71. The summed E-state index contributed by atoms with van der Waals surface area (Å²) < 4.78 is 4.98. The van der Waals surface area contributed by atoms with Crippen LogP contribution < -0.4 is 0 Å². The van der Waals surface area contributed by atoms with E-state index in [9.17, 15) is 5.11 Å². The van der Waals surface area contributed by atoms with E-state index in [1.165, 1.54) is 38.4 Å². The van der Waals surface area contributed by atoms with Crippen LogP contribution in [0.3, 0.4) is 0 Å². The molecule has 1 unspecified atom stereocenters. The monoisotopic (exact) mass is 228 g/mol. The summed E-state index contributed by atoms with van der Waals surface area (Å²) in [5, 5.41) is 10.3. The minimum absolute atomic E-state index is 0.332. The van der Waals surface area contributed by atoms with Gasteiger partial charge in [-0.25, -0.2) is 0 Å². The number of hydrogen-bond donors (Lipinski definition) is 1. The molecule has 0 aromatic carbocycles. The molecule has 0 aliphatic heterocycles. The van der Waals surface area contributed by atoms with Crippen molar-refractivity contribution in [1.82, 2.24) is 0 Å². The maximum Gasteiger partial charge on any atom is 0.198 e. The standard InChI is InChI=1S/C12H17ClO2/c13-12-10(6-7-15-12)11(14)8-9-4-2-1-3-5-9/h6-7,9,11,14H,1-5,8H2. The van der Waals surface area contributed by atoms with E-state index < -0.39 is 6.10 Å². The smallest absolute Gasteiger partial charge is 0.198 e. The molecule has 1 saturated carbocycles. The summed E-state index contributed by atoms with van der Waals surface area (Å²) >= 11 is 5.83. The zero-order valence-electron chi connectivity index (χ0n) is 8.79. The van der Waals surface area contributed by atoms with Crippen LogP contribution in [0, 0.1) is 5.92 Å². The molecule has 1 aromatic heterocycles. The van der Waals surface area contributed by atoms with Gasteiger partial charge in [-0.2, -0.15) is 0 Å². The molecule has 1 atom stereocenters. The summed E-state index contributed by atoms with van der Waals surface area (Å²) in [6, 6.07) is 1.76. The van der Waals surface area contributed by atoms with E-state index in [-0.39, 0.29) is 0 Å². The van der Waals surface area contributed by atoms with Crippen molar-refractivity contribution in [2.24, 2.45) is 5.92 Å². The highest BCUT2D eigenvalue weighted by atomic mass is 35.5. The molecule has 1 fully saturated rings. The van der Waals surface area contributed by atoms with Crippen molar-refractivity contribution in [2.75, 3.05) is 0 Å². The molecule has 1 aromatic rings. The summed E-state index contributed by atoms with van der Waals surface area (Å²) in [5.41, 5.74) is 0.738. The van der Waals surface area contributed by atoms with Gasteiger partial charge in [-0.05, 0) is 30.0 Å². The first-order valence-corrected chi connectivity index (χ1v) is 6.06. The maximum absolute atomic E-state index is 10.00. The van der Waals surface area contributed by atoms with Gasteiger partial charge in [0, 0.05) is 5.56 Å². The first-order chi connectivity index (χ1) is 7.27. The molecular weight excluding hydrogens is 212 g/mol. The normalized spacial score (nSPS) is 20.4. The van der Waals surface area contributed by atoms with E-state index in [2.05, 4.69) is 0 Å². The number of aliphatic hydroxyl groups excluding tert-OH is 1. The van der Waals surface area contributed by atoms with Crippen LogP contribution >= 0.6 is 11.6 Å². The van der Waals surface area contributed by atoms with Crippen LogP contribution in [0.4, 0.5) is 0 Å². The van der Waals surface area contributed by atoms with Crippen molar-refractivity contribution in [3.8, 4) is 0 Å². The number of halogens is 1. The molecule has 84 valence electrons. The van der Waals surface area contributed by atoms with Crippen molar-refractivity contribution in [3.05, 3.63) is 23.1 Å². The number of furan rings is 1.